The van der Waals surface area contributed by atoms with E-state index in [0.29, 0.717) is 19.4 Å². The van der Waals surface area contributed by atoms with E-state index in [0.717, 1.165) is 48.0 Å². The Labute approximate surface area is 166 Å². The fourth-order valence-electron chi connectivity index (χ4n) is 3.35. The van der Waals surface area contributed by atoms with Crippen LogP contribution in [0.4, 0.5) is 5.82 Å². The van der Waals surface area contributed by atoms with Crippen LogP contribution >= 0.6 is 0 Å². The topological polar surface area (TPSA) is 79.4 Å². The summed E-state index contributed by atoms with van der Waals surface area (Å²) in [5, 5.41) is 6.53. The third-order valence-electron chi connectivity index (χ3n) is 5.04. The van der Waals surface area contributed by atoms with Gasteiger partial charge >= 0.3 is 0 Å². The Bertz CT molecular complexity index is 788. The number of aryl methyl sites for hydroxylation is 1. The van der Waals surface area contributed by atoms with Crippen LogP contribution in [0, 0.1) is 0 Å². The molecule has 1 saturated heterocycles. The molecular weight excluding hydrogens is 354 g/mol. The van der Waals surface area contributed by atoms with Crippen LogP contribution in [0.5, 0.6) is 5.75 Å². The van der Waals surface area contributed by atoms with Crippen molar-refractivity contribution in [3.8, 4) is 5.75 Å². The molecule has 1 aromatic carbocycles. The van der Waals surface area contributed by atoms with Crippen molar-refractivity contribution >= 4 is 11.7 Å². The van der Waals surface area contributed by atoms with Crippen LogP contribution in [0.15, 0.2) is 30.3 Å². The fourth-order valence-corrected chi connectivity index (χ4v) is 3.35. The maximum Gasteiger partial charge on any atom is 0.222 e. The highest BCUT2D eigenvalue weighted by atomic mass is 16.5. The number of hydrogen-bond acceptors (Lipinski definition) is 6. The van der Waals surface area contributed by atoms with Gasteiger partial charge in [-0.25, -0.2) is 9.97 Å². The van der Waals surface area contributed by atoms with Crippen molar-refractivity contribution in [2.45, 2.75) is 38.3 Å². The molecule has 3 rings (SSSR count). The van der Waals surface area contributed by atoms with Crippen LogP contribution in [0.3, 0.4) is 0 Å². The van der Waals surface area contributed by atoms with Gasteiger partial charge in [0.2, 0.25) is 5.91 Å². The summed E-state index contributed by atoms with van der Waals surface area (Å²) in [5.74, 6) is 2.51. The normalized spacial score (nSPS) is 16.0. The van der Waals surface area contributed by atoms with E-state index in [1.54, 1.807) is 12.0 Å². The lowest BCUT2D eigenvalue weighted by Gasteiger charge is -2.19. The van der Waals surface area contributed by atoms with Gasteiger partial charge in [-0.2, -0.15) is 0 Å². The molecule has 1 atom stereocenters. The Morgan fingerprint density at radius 3 is 2.75 bits per heavy atom. The molecular formula is C21H29N5O2. The first-order valence-electron chi connectivity index (χ1n) is 9.75. The molecule has 0 bridgehead atoms. The van der Waals surface area contributed by atoms with E-state index in [2.05, 4.69) is 15.6 Å². The van der Waals surface area contributed by atoms with Crippen LogP contribution in [-0.4, -0.2) is 48.5 Å². The molecule has 150 valence electrons. The third kappa shape index (κ3) is 5.19. The van der Waals surface area contributed by atoms with E-state index >= 15 is 0 Å². The van der Waals surface area contributed by atoms with Crippen LogP contribution in [-0.2, 0) is 17.8 Å². The van der Waals surface area contributed by atoms with Crippen molar-refractivity contribution in [1.29, 1.82) is 0 Å². The molecule has 1 unspecified atom stereocenters. The Hall–Kier alpha value is -2.67. The number of hydrogen-bond donors (Lipinski definition) is 2. The van der Waals surface area contributed by atoms with Crippen LogP contribution in [0.25, 0.3) is 0 Å². The van der Waals surface area contributed by atoms with Crippen LogP contribution in [0.2, 0.25) is 0 Å². The highest BCUT2D eigenvalue weighted by Crippen LogP contribution is 2.22. The molecule has 1 fully saturated rings. The van der Waals surface area contributed by atoms with Crippen molar-refractivity contribution in [3.05, 3.63) is 47.4 Å². The molecule has 2 aromatic rings. The predicted molar refractivity (Wildman–Crippen MR) is 109 cm³/mol. The Balaban J connectivity index is 1.60. The first-order valence-corrected chi connectivity index (χ1v) is 9.75. The molecule has 2 heterocycles. The summed E-state index contributed by atoms with van der Waals surface area (Å²) < 4.78 is 5.17. The summed E-state index contributed by atoms with van der Waals surface area (Å²) >= 11 is 0. The molecule has 7 nitrogen and oxygen atoms in total. The lowest BCUT2D eigenvalue weighted by Crippen LogP contribution is -2.27. The zero-order chi connectivity index (χ0) is 19.9. The van der Waals surface area contributed by atoms with Crippen molar-refractivity contribution in [2.24, 2.45) is 0 Å². The highest BCUT2D eigenvalue weighted by molar-refractivity contribution is 5.76. The summed E-state index contributed by atoms with van der Waals surface area (Å²) in [6.45, 7) is 1.47. The van der Waals surface area contributed by atoms with E-state index in [9.17, 15) is 4.79 Å². The SMILES string of the molecule is CNc1cc(CN(C)C(=O)CCc2ccc(OC)cc2)nc(C2CCCN2)n1. The summed E-state index contributed by atoms with van der Waals surface area (Å²) in [4.78, 5) is 23.6. The lowest BCUT2D eigenvalue weighted by atomic mass is 10.1. The Kier molecular flexibility index (Phi) is 6.81. The number of carbonyl (C=O) groups excluding carboxylic acids is 1. The smallest absolute Gasteiger partial charge is 0.222 e. The summed E-state index contributed by atoms with van der Waals surface area (Å²) in [6, 6.07) is 9.94. The number of carbonyl (C=O) groups is 1. The summed E-state index contributed by atoms with van der Waals surface area (Å²) in [7, 11) is 5.32. The molecule has 2 N–H and O–H groups in total. The van der Waals surface area contributed by atoms with Gasteiger partial charge in [0.15, 0.2) is 0 Å². The van der Waals surface area contributed by atoms with E-state index in [1.165, 1.54) is 0 Å². The second-order valence-electron chi connectivity index (χ2n) is 7.10. The summed E-state index contributed by atoms with van der Waals surface area (Å²) in [5.41, 5.74) is 1.97. The van der Waals surface area contributed by atoms with E-state index in [1.807, 2.05) is 44.4 Å². The number of nitrogens with zero attached hydrogens (tertiary/aromatic N) is 3. The quantitative estimate of drug-likeness (QED) is 0.729. The van der Waals surface area contributed by atoms with Crippen LogP contribution < -0.4 is 15.4 Å². The number of ether oxygens (including phenoxy) is 1. The third-order valence-corrected chi connectivity index (χ3v) is 5.04. The number of methoxy groups -OCH3 is 1. The van der Waals surface area contributed by atoms with Crippen molar-refractivity contribution in [3.63, 3.8) is 0 Å². The zero-order valence-electron chi connectivity index (χ0n) is 16.9. The second kappa shape index (κ2) is 9.50. The fraction of sp³-hybridized carbons (Fsp3) is 0.476. The number of benzene rings is 1. The minimum absolute atomic E-state index is 0.0981. The second-order valence-corrected chi connectivity index (χ2v) is 7.10. The van der Waals surface area contributed by atoms with Crippen molar-refractivity contribution in [1.82, 2.24) is 20.2 Å². The van der Waals surface area contributed by atoms with Gasteiger partial charge in [0.1, 0.15) is 17.4 Å². The van der Waals surface area contributed by atoms with Crippen molar-refractivity contribution in [2.75, 3.05) is 33.1 Å². The van der Waals surface area contributed by atoms with Gasteiger partial charge in [-0.15, -0.1) is 0 Å². The molecule has 0 radical (unpaired) electrons. The minimum Gasteiger partial charge on any atom is -0.497 e. The average molecular weight is 383 g/mol. The van der Waals surface area contributed by atoms with Gasteiger partial charge in [0.05, 0.1) is 25.4 Å². The van der Waals surface area contributed by atoms with Gasteiger partial charge in [-0.05, 0) is 43.5 Å². The Morgan fingerprint density at radius 1 is 1.32 bits per heavy atom. The molecule has 0 spiro atoms. The monoisotopic (exact) mass is 383 g/mol. The molecule has 0 aliphatic carbocycles. The first-order chi connectivity index (χ1) is 13.6. The van der Waals surface area contributed by atoms with Gasteiger partial charge in [-0.3, -0.25) is 4.79 Å². The van der Waals surface area contributed by atoms with E-state index < -0.39 is 0 Å². The molecule has 1 amide bonds. The van der Waals surface area contributed by atoms with Gasteiger partial charge in [-0.1, -0.05) is 12.1 Å². The number of aromatic nitrogens is 2. The number of anilines is 1. The zero-order valence-corrected chi connectivity index (χ0v) is 16.9. The molecule has 0 saturated carbocycles. The maximum atomic E-state index is 12.6. The van der Waals surface area contributed by atoms with Gasteiger partial charge in [0, 0.05) is 26.6 Å². The van der Waals surface area contributed by atoms with Gasteiger partial charge < -0.3 is 20.3 Å². The number of amides is 1. The average Bonchev–Trinajstić information content (AvgIpc) is 3.27. The van der Waals surface area contributed by atoms with Crippen molar-refractivity contribution < 1.29 is 9.53 Å². The standard InChI is InChI=1S/C21H29N5O2/c1-22-19-13-16(24-21(25-19)18-5-4-12-23-18)14-26(2)20(27)11-8-15-6-9-17(28-3)10-7-15/h6-7,9-10,13,18,23H,4-5,8,11-12,14H2,1-3H3,(H,22,24,25). The predicted octanol–water partition coefficient (Wildman–Crippen LogP) is 2.54. The molecule has 28 heavy (non-hydrogen) atoms. The van der Waals surface area contributed by atoms with Gasteiger partial charge in [0.25, 0.3) is 0 Å². The van der Waals surface area contributed by atoms with Crippen LogP contribution in [0.1, 0.15) is 42.4 Å². The number of rotatable bonds is 8. The molecule has 1 aliphatic rings. The maximum absolute atomic E-state index is 12.6. The van der Waals surface area contributed by atoms with E-state index in [-0.39, 0.29) is 11.9 Å². The Morgan fingerprint density at radius 2 is 2.11 bits per heavy atom. The minimum atomic E-state index is 0.0981. The molecule has 1 aliphatic heterocycles. The first kappa shape index (κ1) is 20.1. The molecule has 1 aromatic heterocycles. The number of nitrogens with one attached hydrogen (secondary N) is 2. The molecule has 7 heteroatoms. The largest absolute Gasteiger partial charge is 0.497 e. The highest BCUT2D eigenvalue weighted by Gasteiger charge is 2.21. The van der Waals surface area contributed by atoms with E-state index in [4.69, 9.17) is 9.72 Å². The lowest BCUT2D eigenvalue weighted by molar-refractivity contribution is -0.130. The summed E-state index contributed by atoms with van der Waals surface area (Å²) in [6.07, 6.45) is 3.35.